The quantitative estimate of drug-likeness (QED) is 0.0406. The van der Waals surface area contributed by atoms with E-state index in [1.807, 2.05) is 18.2 Å². The lowest BCUT2D eigenvalue weighted by atomic mass is 9.79. The molecular weight excluding hydrogens is 767 g/mol. The van der Waals surface area contributed by atoms with Crippen molar-refractivity contribution < 1.29 is 28.0 Å². The first-order valence-electron chi connectivity index (χ1n) is 26.3. The van der Waals surface area contributed by atoms with Gasteiger partial charge < -0.3 is 23.8 Å². The molecule has 1 N–H and O–H groups in total. The smallest absolute Gasteiger partial charge is 0.336 e. The van der Waals surface area contributed by atoms with Gasteiger partial charge in [-0.1, -0.05) is 199 Å². The van der Waals surface area contributed by atoms with Crippen LogP contribution in [-0.2, 0) is 19.1 Å². The summed E-state index contributed by atoms with van der Waals surface area (Å²) < 4.78 is 14.0. The number of ether oxygens (including phenoxy) is 2. The summed E-state index contributed by atoms with van der Waals surface area (Å²) in [7, 11) is 9.16. The van der Waals surface area contributed by atoms with E-state index in [0.717, 1.165) is 77.5 Å². The molecule has 7 heteroatoms. The number of carbonyl (C=O) groups is 2. The Morgan fingerprint density at radius 1 is 0.452 bits per heavy atom. The van der Waals surface area contributed by atoms with Gasteiger partial charge in [-0.05, 0) is 44.1 Å². The summed E-state index contributed by atoms with van der Waals surface area (Å²) in [6.07, 6.45) is 33.9. The van der Waals surface area contributed by atoms with E-state index in [9.17, 15) is 9.59 Å². The number of nitrogens with zero attached hydrogens (tertiary/aromatic N) is 2. The van der Waals surface area contributed by atoms with Crippen molar-refractivity contribution in [2.75, 3.05) is 67.6 Å². The first kappa shape index (κ1) is 55.5. The van der Waals surface area contributed by atoms with Crippen molar-refractivity contribution in [3.05, 3.63) is 58.4 Å². The van der Waals surface area contributed by atoms with Gasteiger partial charge in [0.2, 0.25) is 0 Å². The van der Waals surface area contributed by atoms with Crippen LogP contribution in [0.4, 0.5) is 0 Å². The van der Waals surface area contributed by atoms with E-state index >= 15 is 0 Å². The van der Waals surface area contributed by atoms with E-state index in [-0.39, 0.29) is 11.9 Å². The van der Waals surface area contributed by atoms with E-state index in [4.69, 9.17) is 9.47 Å². The Labute approximate surface area is 383 Å². The van der Waals surface area contributed by atoms with Crippen molar-refractivity contribution in [2.24, 2.45) is 0 Å². The van der Waals surface area contributed by atoms with Crippen molar-refractivity contribution in [3.63, 3.8) is 0 Å². The maximum absolute atomic E-state index is 14.8. The second-order valence-corrected chi connectivity index (χ2v) is 20.1. The Hall–Kier alpha value is -2.64. The lowest BCUT2D eigenvalue weighted by Gasteiger charge is -2.39. The highest BCUT2D eigenvalue weighted by Crippen LogP contribution is 2.40. The third kappa shape index (κ3) is 23.9. The number of unbranched alkanes of at least 4 members (excludes halogenated alkanes) is 24. The van der Waals surface area contributed by atoms with E-state index < -0.39 is 5.92 Å². The topological polar surface area (TPSA) is 64.6 Å². The SMILES string of the molecule is CCCCCCCCCCOC(=O)C1=C(C[N+](C)(C)CCCCCCCC)NC(C[N+](C)(C)CCCCCCCC)=C(C(=O)OCCCCCCCCCC)C1c1ccccc1. The minimum atomic E-state index is -0.581. The molecule has 0 radical (unpaired) electrons. The maximum atomic E-state index is 14.8. The predicted molar refractivity (Wildman–Crippen MR) is 264 cm³/mol. The van der Waals surface area contributed by atoms with Gasteiger partial charge in [-0.3, -0.25) is 0 Å². The fourth-order valence-corrected chi connectivity index (χ4v) is 9.13. The molecule has 0 fully saturated rings. The molecule has 0 aromatic heterocycles. The molecule has 1 aromatic carbocycles. The molecule has 0 aliphatic carbocycles. The van der Waals surface area contributed by atoms with Gasteiger partial charge in [-0.2, -0.15) is 0 Å². The van der Waals surface area contributed by atoms with Crippen LogP contribution in [0.3, 0.4) is 0 Å². The number of nitrogens with one attached hydrogen (secondary N) is 1. The fourth-order valence-electron chi connectivity index (χ4n) is 9.13. The highest BCUT2D eigenvalue weighted by Gasteiger charge is 2.43. The lowest BCUT2D eigenvalue weighted by Crippen LogP contribution is -2.50. The molecule has 1 aliphatic rings. The van der Waals surface area contributed by atoms with Crippen molar-refractivity contribution in [1.82, 2.24) is 5.32 Å². The van der Waals surface area contributed by atoms with E-state index in [2.05, 4.69) is 73.3 Å². The highest BCUT2D eigenvalue weighted by atomic mass is 16.5. The molecule has 0 amide bonds. The number of likely N-dealkylation sites (N-methyl/N-ethyl adjacent to an activating group) is 2. The van der Waals surface area contributed by atoms with Gasteiger partial charge >= 0.3 is 11.9 Å². The molecule has 7 nitrogen and oxygen atoms in total. The van der Waals surface area contributed by atoms with Gasteiger partial charge in [0.1, 0.15) is 13.1 Å². The zero-order valence-electron chi connectivity index (χ0n) is 42.0. The predicted octanol–water partition coefficient (Wildman–Crippen LogP) is 14.1. The second-order valence-electron chi connectivity index (χ2n) is 20.1. The summed E-state index contributed by atoms with van der Waals surface area (Å²) in [5.41, 5.74) is 3.88. The molecular formula is C55H99N3O4+2. The number of esters is 2. The van der Waals surface area contributed by atoms with Crippen LogP contribution < -0.4 is 5.32 Å². The number of hydrogen-bond acceptors (Lipinski definition) is 5. The molecule has 0 spiro atoms. The van der Waals surface area contributed by atoms with Crippen LogP contribution >= 0.6 is 0 Å². The largest absolute Gasteiger partial charge is 0.462 e. The monoisotopic (exact) mass is 866 g/mol. The Balaban J connectivity index is 2.53. The number of rotatable bonds is 39. The summed E-state index contributed by atoms with van der Waals surface area (Å²) in [6.45, 7) is 13.2. The molecule has 2 rings (SSSR count). The summed E-state index contributed by atoms with van der Waals surface area (Å²) >= 11 is 0. The van der Waals surface area contributed by atoms with Crippen molar-refractivity contribution in [3.8, 4) is 0 Å². The molecule has 1 aliphatic heterocycles. The Morgan fingerprint density at radius 2 is 0.758 bits per heavy atom. The second kappa shape index (κ2) is 33.8. The molecule has 1 aromatic rings. The first-order valence-corrected chi connectivity index (χ1v) is 26.3. The number of benzene rings is 1. The van der Waals surface area contributed by atoms with Crippen molar-refractivity contribution in [2.45, 2.75) is 213 Å². The van der Waals surface area contributed by atoms with Gasteiger partial charge in [0, 0.05) is 0 Å². The van der Waals surface area contributed by atoms with E-state index in [1.54, 1.807) is 0 Å². The van der Waals surface area contributed by atoms with Crippen LogP contribution in [0.5, 0.6) is 0 Å². The van der Waals surface area contributed by atoms with Crippen molar-refractivity contribution in [1.29, 1.82) is 0 Å². The molecule has 0 saturated heterocycles. The molecule has 1 heterocycles. The van der Waals surface area contributed by atoms with Crippen LogP contribution in [-0.4, -0.2) is 88.5 Å². The molecule has 356 valence electrons. The summed E-state index contributed by atoms with van der Waals surface area (Å²) in [4.78, 5) is 29.6. The van der Waals surface area contributed by atoms with Gasteiger partial charge in [0.15, 0.2) is 0 Å². The Kier molecular flexibility index (Phi) is 30.3. The van der Waals surface area contributed by atoms with Gasteiger partial charge in [0.25, 0.3) is 0 Å². The molecule has 62 heavy (non-hydrogen) atoms. The number of quaternary nitrogens is 2. The van der Waals surface area contributed by atoms with Crippen LogP contribution in [0, 0.1) is 0 Å². The zero-order valence-corrected chi connectivity index (χ0v) is 42.0. The third-order valence-corrected chi connectivity index (χ3v) is 13.0. The summed E-state index contributed by atoms with van der Waals surface area (Å²) in [5, 5.41) is 3.86. The lowest BCUT2D eigenvalue weighted by molar-refractivity contribution is -0.887. The number of dihydropyridines is 1. The molecule has 0 atom stereocenters. The average Bonchev–Trinajstić information content (AvgIpc) is 3.24. The fraction of sp³-hybridized carbons (Fsp3) is 0.782. The van der Waals surface area contributed by atoms with Gasteiger partial charge in [0.05, 0.1) is 83.0 Å². The highest BCUT2D eigenvalue weighted by molar-refractivity contribution is 6.00. The maximum Gasteiger partial charge on any atom is 0.336 e. The minimum Gasteiger partial charge on any atom is -0.462 e. The van der Waals surface area contributed by atoms with Crippen LogP contribution in [0.2, 0.25) is 0 Å². The zero-order chi connectivity index (χ0) is 45.3. The van der Waals surface area contributed by atoms with Crippen molar-refractivity contribution >= 4 is 11.9 Å². The van der Waals surface area contributed by atoms with E-state index in [0.29, 0.717) is 37.4 Å². The van der Waals surface area contributed by atoms with E-state index in [1.165, 1.54) is 141 Å². The molecule has 0 saturated carbocycles. The van der Waals surface area contributed by atoms with Gasteiger partial charge in [-0.25, -0.2) is 9.59 Å². The Bertz CT molecular complexity index is 1300. The molecule has 0 unspecified atom stereocenters. The summed E-state index contributed by atoms with van der Waals surface area (Å²) in [6, 6.07) is 10.2. The van der Waals surface area contributed by atoms with Crippen LogP contribution in [0.1, 0.15) is 219 Å². The number of carbonyl (C=O) groups excluding carboxylic acids is 2. The summed E-state index contributed by atoms with van der Waals surface area (Å²) in [5.74, 6) is -1.20. The molecule has 0 bridgehead atoms. The number of hydrogen-bond donors (Lipinski definition) is 1. The van der Waals surface area contributed by atoms with Crippen LogP contribution in [0.25, 0.3) is 0 Å². The van der Waals surface area contributed by atoms with Gasteiger partial charge in [-0.15, -0.1) is 0 Å². The third-order valence-electron chi connectivity index (χ3n) is 13.0. The minimum absolute atomic E-state index is 0.308. The average molecular weight is 866 g/mol. The first-order chi connectivity index (χ1) is 30.0. The standard InChI is InChI=1S/C55H98N3O4/c1-9-13-17-21-25-27-31-38-44-61-54(59)52-49(46-57(5,6)42-36-29-23-19-15-11-3)56-50(47-58(7,8)43-37-30-24-20-16-12-4)53(51(52)48-40-34-33-35-41-48)55(60)62-45-39-32-28-26-22-18-14-10-2/h33-35,40-41,51H,9-32,36-39,42-47H2,1-8H3/q+1/p+1. The van der Waals surface area contributed by atoms with Crippen LogP contribution in [0.15, 0.2) is 52.9 Å². The Morgan fingerprint density at radius 3 is 1.10 bits per heavy atom. The normalized spacial score (nSPS) is 13.8.